The Kier molecular flexibility index (Phi) is 4.47. The van der Waals surface area contributed by atoms with Crippen molar-refractivity contribution in [3.63, 3.8) is 0 Å². The number of hydrogen-bond acceptors (Lipinski definition) is 3. The Morgan fingerprint density at radius 2 is 2.18 bits per heavy atom. The normalized spacial score (nSPS) is 15.9. The summed E-state index contributed by atoms with van der Waals surface area (Å²) in [6.45, 7) is 0.373. The topological polar surface area (TPSA) is 64.7 Å². The van der Waals surface area contributed by atoms with Crippen molar-refractivity contribution in [2.75, 3.05) is 0 Å². The minimum atomic E-state index is -0.160. The molecule has 1 N–H and O–H groups in total. The first kappa shape index (κ1) is 15.1. The SMILES string of the molecule is Cn1cc(Cl)cc1C(=O)NCc1nncn1C1CCCCC1. The van der Waals surface area contributed by atoms with Crippen molar-refractivity contribution in [1.82, 2.24) is 24.6 Å². The van der Waals surface area contributed by atoms with E-state index in [2.05, 4.69) is 20.1 Å². The van der Waals surface area contributed by atoms with E-state index < -0.39 is 0 Å². The molecular formula is C15H20ClN5O. The fraction of sp³-hybridized carbons (Fsp3) is 0.533. The van der Waals surface area contributed by atoms with E-state index in [1.165, 1.54) is 19.3 Å². The molecule has 0 aromatic carbocycles. The van der Waals surface area contributed by atoms with Gasteiger partial charge in [0.25, 0.3) is 5.91 Å². The Bertz CT molecular complexity index is 657. The summed E-state index contributed by atoms with van der Waals surface area (Å²) in [5, 5.41) is 11.6. The van der Waals surface area contributed by atoms with Crippen LogP contribution < -0.4 is 5.32 Å². The highest BCUT2D eigenvalue weighted by Crippen LogP contribution is 2.28. The van der Waals surface area contributed by atoms with Crippen molar-refractivity contribution < 1.29 is 4.79 Å². The van der Waals surface area contributed by atoms with E-state index in [-0.39, 0.29) is 5.91 Å². The van der Waals surface area contributed by atoms with E-state index in [1.54, 1.807) is 30.2 Å². The molecule has 0 spiro atoms. The predicted octanol–water partition coefficient (Wildman–Crippen LogP) is 2.71. The molecule has 0 atom stereocenters. The second kappa shape index (κ2) is 6.52. The van der Waals surface area contributed by atoms with Gasteiger partial charge in [-0.2, -0.15) is 0 Å². The third-order valence-electron chi connectivity index (χ3n) is 4.23. The zero-order valence-electron chi connectivity index (χ0n) is 12.6. The van der Waals surface area contributed by atoms with Crippen molar-refractivity contribution in [2.45, 2.75) is 44.7 Å². The summed E-state index contributed by atoms with van der Waals surface area (Å²) in [4.78, 5) is 12.2. The summed E-state index contributed by atoms with van der Waals surface area (Å²) in [5.41, 5.74) is 0.536. The molecule has 1 saturated carbocycles. The lowest BCUT2D eigenvalue weighted by molar-refractivity contribution is 0.0941. The molecule has 6 nitrogen and oxygen atoms in total. The van der Waals surface area contributed by atoms with Crippen molar-refractivity contribution in [2.24, 2.45) is 7.05 Å². The Balaban J connectivity index is 1.65. The third-order valence-corrected chi connectivity index (χ3v) is 4.43. The van der Waals surface area contributed by atoms with Gasteiger partial charge in [-0.1, -0.05) is 30.9 Å². The molecule has 2 aromatic heterocycles. The monoisotopic (exact) mass is 321 g/mol. The Morgan fingerprint density at radius 3 is 2.86 bits per heavy atom. The number of halogens is 1. The lowest BCUT2D eigenvalue weighted by Crippen LogP contribution is -2.27. The van der Waals surface area contributed by atoms with Gasteiger partial charge in [0.1, 0.15) is 12.0 Å². The van der Waals surface area contributed by atoms with Crippen molar-refractivity contribution >= 4 is 17.5 Å². The fourth-order valence-corrected chi connectivity index (χ4v) is 3.31. The number of aryl methyl sites for hydroxylation is 1. The summed E-state index contributed by atoms with van der Waals surface area (Å²) >= 11 is 5.91. The number of amides is 1. The standard InChI is InChI=1S/C15H20ClN5O/c1-20-9-11(16)7-13(20)15(22)17-8-14-19-18-10-21(14)12-5-3-2-4-6-12/h7,9-10,12H,2-6,8H2,1H3,(H,17,22). The largest absolute Gasteiger partial charge is 0.345 e. The molecule has 0 bridgehead atoms. The highest BCUT2D eigenvalue weighted by atomic mass is 35.5. The summed E-state index contributed by atoms with van der Waals surface area (Å²) in [6.07, 6.45) is 9.60. The van der Waals surface area contributed by atoms with Crippen LogP contribution in [-0.4, -0.2) is 25.2 Å². The molecule has 1 aliphatic carbocycles. The van der Waals surface area contributed by atoms with Gasteiger partial charge in [0.15, 0.2) is 5.82 Å². The lowest BCUT2D eigenvalue weighted by Gasteiger charge is -2.24. The fourth-order valence-electron chi connectivity index (χ4n) is 3.06. The average Bonchev–Trinajstić information content (AvgIpc) is 3.12. The minimum Gasteiger partial charge on any atom is -0.345 e. The summed E-state index contributed by atoms with van der Waals surface area (Å²) < 4.78 is 3.82. The summed E-state index contributed by atoms with van der Waals surface area (Å²) in [6, 6.07) is 2.11. The number of nitrogens with zero attached hydrogens (tertiary/aromatic N) is 4. The maximum atomic E-state index is 12.2. The molecular weight excluding hydrogens is 302 g/mol. The average molecular weight is 322 g/mol. The lowest BCUT2D eigenvalue weighted by atomic mass is 9.95. The molecule has 2 aromatic rings. The van der Waals surface area contributed by atoms with Crippen molar-refractivity contribution in [1.29, 1.82) is 0 Å². The molecule has 7 heteroatoms. The molecule has 0 aliphatic heterocycles. The van der Waals surface area contributed by atoms with Crippen LogP contribution in [0.2, 0.25) is 5.02 Å². The molecule has 1 amide bonds. The minimum absolute atomic E-state index is 0.160. The number of carbonyl (C=O) groups excluding carboxylic acids is 1. The van der Waals surface area contributed by atoms with Gasteiger partial charge >= 0.3 is 0 Å². The highest BCUT2D eigenvalue weighted by Gasteiger charge is 2.19. The van der Waals surface area contributed by atoms with Crippen LogP contribution in [0, 0.1) is 0 Å². The maximum Gasteiger partial charge on any atom is 0.268 e. The van der Waals surface area contributed by atoms with E-state index in [0.717, 1.165) is 18.7 Å². The summed E-state index contributed by atoms with van der Waals surface area (Å²) in [5.74, 6) is 0.646. The Hall–Kier alpha value is -1.82. The first-order valence-corrected chi connectivity index (χ1v) is 8.01. The van der Waals surface area contributed by atoms with Gasteiger partial charge in [-0.25, -0.2) is 0 Å². The van der Waals surface area contributed by atoms with Crippen molar-refractivity contribution in [3.8, 4) is 0 Å². The van der Waals surface area contributed by atoms with Gasteiger partial charge in [-0.15, -0.1) is 10.2 Å². The van der Waals surface area contributed by atoms with Gasteiger partial charge in [-0.3, -0.25) is 4.79 Å². The first-order valence-electron chi connectivity index (χ1n) is 7.63. The Labute approximate surface area is 134 Å². The second-order valence-electron chi connectivity index (χ2n) is 5.78. The maximum absolute atomic E-state index is 12.2. The van der Waals surface area contributed by atoms with Crippen LogP contribution >= 0.6 is 11.6 Å². The number of rotatable bonds is 4. The van der Waals surface area contributed by atoms with E-state index in [4.69, 9.17) is 11.6 Å². The van der Waals surface area contributed by atoms with Crippen LogP contribution in [0.25, 0.3) is 0 Å². The predicted molar refractivity (Wildman–Crippen MR) is 83.7 cm³/mol. The van der Waals surface area contributed by atoms with Crippen molar-refractivity contribution in [3.05, 3.63) is 35.1 Å². The molecule has 0 unspecified atom stereocenters. The molecule has 22 heavy (non-hydrogen) atoms. The number of aromatic nitrogens is 4. The number of nitrogens with one attached hydrogen (secondary N) is 1. The van der Waals surface area contributed by atoms with E-state index in [9.17, 15) is 4.79 Å². The van der Waals surface area contributed by atoms with Gasteiger partial charge in [0, 0.05) is 19.3 Å². The zero-order chi connectivity index (χ0) is 15.5. The van der Waals surface area contributed by atoms with Crippen LogP contribution in [0.4, 0.5) is 0 Å². The molecule has 2 heterocycles. The first-order chi connectivity index (χ1) is 10.6. The molecule has 118 valence electrons. The zero-order valence-corrected chi connectivity index (χ0v) is 13.4. The van der Waals surface area contributed by atoms with Gasteiger partial charge in [-0.05, 0) is 18.9 Å². The molecule has 1 fully saturated rings. The van der Waals surface area contributed by atoms with Crippen LogP contribution in [0.1, 0.15) is 54.5 Å². The molecule has 3 rings (SSSR count). The smallest absolute Gasteiger partial charge is 0.268 e. The molecule has 0 radical (unpaired) electrons. The van der Waals surface area contributed by atoms with Gasteiger partial charge in [0.2, 0.25) is 0 Å². The third kappa shape index (κ3) is 3.16. The molecule has 0 saturated heterocycles. The summed E-state index contributed by atoms with van der Waals surface area (Å²) in [7, 11) is 1.80. The number of hydrogen-bond donors (Lipinski definition) is 1. The van der Waals surface area contributed by atoms with Crippen LogP contribution in [0.5, 0.6) is 0 Å². The Morgan fingerprint density at radius 1 is 1.41 bits per heavy atom. The van der Waals surface area contributed by atoms with Gasteiger partial charge < -0.3 is 14.5 Å². The number of carbonyl (C=O) groups is 1. The van der Waals surface area contributed by atoms with E-state index >= 15 is 0 Å². The highest BCUT2D eigenvalue weighted by molar-refractivity contribution is 6.31. The van der Waals surface area contributed by atoms with E-state index in [0.29, 0.717) is 23.3 Å². The molecule has 1 aliphatic rings. The quantitative estimate of drug-likeness (QED) is 0.941. The van der Waals surface area contributed by atoms with E-state index in [1.807, 2.05) is 0 Å². The van der Waals surface area contributed by atoms with Gasteiger partial charge in [0.05, 0.1) is 11.6 Å². The van der Waals surface area contributed by atoms with Crippen LogP contribution in [0.3, 0.4) is 0 Å². The van der Waals surface area contributed by atoms with Crippen LogP contribution in [-0.2, 0) is 13.6 Å². The van der Waals surface area contributed by atoms with Crippen LogP contribution in [0.15, 0.2) is 18.6 Å². The second-order valence-corrected chi connectivity index (χ2v) is 6.22.